The van der Waals surface area contributed by atoms with E-state index in [1.54, 1.807) is 12.1 Å². The third-order valence-electron chi connectivity index (χ3n) is 4.57. The van der Waals surface area contributed by atoms with Gasteiger partial charge in [-0.25, -0.2) is 13.1 Å². The summed E-state index contributed by atoms with van der Waals surface area (Å²) in [7, 11) is -3.56. The predicted molar refractivity (Wildman–Crippen MR) is 103 cm³/mol. The molecule has 1 fully saturated rings. The van der Waals surface area contributed by atoms with Crippen molar-refractivity contribution in [1.82, 2.24) is 4.72 Å². The van der Waals surface area contributed by atoms with Gasteiger partial charge in [0.15, 0.2) is 0 Å². The van der Waals surface area contributed by atoms with Gasteiger partial charge in [-0.3, -0.25) is 0 Å². The minimum absolute atomic E-state index is 0.0811. The van der Waals surface area contributed by atoms with Crippen molar-refractivity contribution >= 4 is 27.3 Å². The molecule has 3 rings (SSSR count). The number of halogens is 1. The molecule has 2 N–H and O–H groups in total. The fourth-order valence-corrected chi connectivity index (χ4v) is 4.71. The molecular weight excluding hydrogens is 356 g/mol. The number of sulfonamides is 1. The van der Waals surface area contributed by atoms with E-state index in [1.807, 2.05) is 25.1 Å². The Balaban J connectivity index is 1.75. The number of aryl methyl sites for hydroxylation is 1. The molecule has 1 saturated carbocycles. The number of hydrogen-bond donors (Lipinski definition) is 2. The summed E-state index contributed by atoms with van der Waals surface area (Å²) in [5.74, 6) is 0. The van der Waals surface area contributed by atoms with Gasteiger partial charge >= 0.3 is 0 Å². The number of rotatable bonds is 5. The molecule has 0 aliphatic heterocycles. The normalized spacial score (nSPS) is 21.0. The molecular formula is C19H23ClN2O2S. The van der Waals surface area contributed by atoms with Crippen LogP contribution in [0, 0.1) is 6.92 Å². The highest BCUT2D eigenvalue weighted by molar-refractivity contribution is 7.89. The van der Waals surface area contributed by atoms with Gasteiger partial charge in [-0.05, 0) is 61.7 Å². The Bertz CT molecular complexity index is 822. The Labute approximate surface area is 154 Å². The highest BCUT2D eigenvalue weighted by atomic mass is 35.5. The van der Waals surface area contributed by atoms with Crippen LogP contribution in [0.4, 0.5) is 5.69 Å². The van der Waals surface area contributed by atoms with Crippen LogP contribution < -0.4 is 10.0 Å². The van der Waals surface area contributed by atoms with E-state index in [9.17, 15) is 8.42 Å². The molecule has 134 valence electrons. The molecule has 4 nitrogen and oxygen atoms in total. The van der Waals surface area contributed by atoms with E-state index in [1.165, 1.54) is 17.7 Å². The first-order chi connectivity index (χ1) is 11.9. The lowest BCUT2D eigenvalue weighted by Crippen LogP contribution is -2.48. The van der Waals surface area contributed by atoms with Crippen molar-refractivity contribution < 1.29 is 8.42 Å². The lowest BCUT2D eigenvalue weighted by molar-refractivity contribution is 0.378. The van der Waals surface area contributed by atoms with Crippen molar-refractivity contribution in [3.8, 4) is 0 Å². The van der Waals surface area contributed by atoms with Crippen LogP contribution in [-0.4, -0.2) is 20.5 Å². The first-order valence-electron chi connectivity index (χ1n) is 8.55. The van der Waals surface area contributed by atoms with Gasteiger partial charge in [0.1, 0.15) is 0 Å². The van der Waals surface area contributed by atoms with Crippen molar-refractivity contribution in [2.45, 2.75) is 49.6 Å². The van der Waals surface area contributed by atoms with Crippen LogP contribution in [0.1, 0.15) is 31.2 Å². The maximum absolute atomic E-state index is 12.7. The van der Waals surface area contributed by atoms with Crippen LogP contribution in [-0.2, 0) is 10.0 Å². The Kier molecular flexibility index (Phi) is 5.67. The van der Waals surface area contributed by atoms with Crippen LogP contribution >= 0.6 is 11.6 Å². The third-order valence-corrected chi connectivity index (χ3v) is 6.32. The van der Waals surface area contributed by atoms with Crippen LogP contribution in [0.15, 0.2) is 53.4 Å². The van der Waals surface area contributed by atoms with Gasteiger partial charge in [-0.2, -0.15) is 0 Å². The van der Waals surface area contributed by atoms with Gasteiger partial charge in [0.25, 0.3) is 0 Å². The van der Waals surface area contributed by atoms with Crippen molar-refractivity contribution in [2.24, 2.45) is 0 Å². The Morgan fingerprint density at radius 3 is 2.36 bits per heavy atom. The second kappa shape index (κ2) is 7.77. The van der Waals surface area contributed by atoms with E-state index in [2.05, 4.69) is 16.1 Å². The van der Waals surface area contributed by atoms with Crippen molar-refractivity contribution in [3.05, 3.63) is 59.1 Å². The van der Waals surface area contributed by atoms with Crippen molar-refractivity contribution in [3.63, 3.8) is 0 Å². The summed E-state index contributed by atoms with van der Waals surface area (Å²) in [5, 5.41) is 4.03. The molecule has 0 aromatic heterocycles. The van der Waals surface area contributed by atoms with Crippen LogP contribution in [0.2, 0.25) is 5.02 Å². The van der Waals surface area contributed by atoms with Crippen LogP contribution in [0.5, 0.6) is 0 Å². The lowest BCUT2D eigenvalue weighted by Gasteiger charge is -2.33. The SMILES string of the molecule is Cc1cccc(N[C@H]2CCCC[C@H]2NS(=O)(=O)c2ccc(Cl)cc2)c1. The third kappa shape index (κ3) is 4.75. The Hall–Kier alpha value is -1.56. The van der Waals surface area contributed by atoms with E-state index in [0.29, 0.717) is 5.02 Å². The topological polar surface area (TPSA) is 58.2 Å². The zero-order valence-electron chi connectivity index (χ0n) is 14.2. The molecule has 2 atom stereocenters. The van der Waals surface area contributed by atoms with Gasteiger partial charge in [0.05, 0.1) is 4.90 Å². The molecule has 1 aliphatic carbocycles. The molecule has 0 spiro atoms. The fourth-order valence-electron chi connectivity index (χ4n) is 3.27. The molecule has 0 radical (unpaired) electrons. The average molecular weight is 379 g/mol. The lowest BCUT2D eigenvalue weighted by atomic mass is 9.91. The zero-order valence-corrected chi connectivity index (χ0v) is 15.8. The quantitative estimate of drug-likeness (QED) is 0.813. The molecule has 0 unspecified atom stereocenters. The molecule has 1 aliphatic rings. The van der Waals surface area contributed by atoms with Gasteiger partial charge in [-0.15, -0.1) is 0 Å². The van der Waals surface area contributed by atoms with E-state index in [4.69, 9.17) is 11.6 Å². The highest BCUT2D eigenvalue weighted by Crippen LogP contribution is 2.25. The minimum Gasteiger partial charge on any atom is -0.381 e. The minimum atomic E-state index is -3.56. The molecule has 6 heteroatoms. The largest absolute Gasteiger partial charge is 0.381 e. The Morgan fingerprint density at radius 2 is 1.68 bits per heavy atom. The summed E-state index contributed by atoms with van der Waals surface area (Å²) in [6, 6.07) is 14.4. The molecule has 0 amide bonds. The maximum atomic E-state index is 12.7. The van der Waals surface area contributed by atoms with Crippen LogP contribution in [0.3, 0.4) is 0 Å². The summed E-state index contributed by atoms with van der Waals surface area (Å²) in [4.78, 5) is 0.247. The van der Waals surface area contributed by atoms with E-state index in [0.717, 1.165) is 31.4 Å². The number of anilines is 1. The number of benzene rings is 2. The molecule has 0 heterocycles. The van der Waals surface area contributed by atoms with E-state index >= 15 is 0 Å². The standard InChI is InChI=1S/C19H23ClN2O2S/c1-14-5-4-6-16(13-14)21-18-7-2-3-8-19(18)22-25(23,24)17-11-9-15(20)10-12-17/h4-6,9-13,18-19,21-22H,2-3,7-8H2,1H3/t18-,19+/m0/s1. The molecule has 0 bridgehead atoms. The van der Waals surface area contributed by atoms with E-state index in [-0.39, 0.29) is 17.0 Å². The molecule has 25 heavy (non-hydrogen) atoms. The fraction of sp³-hybridized carbons (Fsp3) is 0.368. The summed E-state index contributed by atoms with van der Waals surface area (Å²) >= 11 is 5.85. The zero-order chi connectivity index (χ0) is 17.9. The smallest absolute Gasteiger partial charge is 0.240 e. The summed E-state index contributed by atoms with van der Waals surface area (Å²) in [6.45, 7) is 2.05. The second-order valence-electron chi connectivity index (χ2n) is 6.59. The Morgan fingerprint density at radius 1 is 1.00 bits per heavy atom. The predicted octanol–water partition coefficient (Wildman–Crippen LogP) is 4.35. The first kappa shape index (κ1) is 18.2. The van der Waals surface area contributed by atoms with Gasteiger partial charge in [-0.1, -0.05) is 36.6 Å². The molecule has 0 saturated heterocycles. The first-order valence-corrected chi connectivity index (χ1v) is 10.4. The average Bonchev–Trinajstić information content (AvgIpc) is 2.57. The van der Waals surface area contributed by atoms with Gasteiger partial charge in [0.2, 0.25) is 10.0 Å². The van der Waals surface area contributed by atoms with E-state index < -0.39 is 10.0 Å². The molecule has 2 aromatic carbocycles. The highest BCUT2D eigenvalue weighted by Gasteiger charge is 2.29. The monoisotopic (exact) mass is 378 g/mol. The number of nitrogens with one attached hydrogen (secondary N) is 2. The van der Waals surface area contributed by atoms with Gasteiger partial charge < -0.3 is 5.32 Å². The van der Waals surface area contributed by atoms with Gasteiger partial charge in [0, 0.05) is 22.8 Å². The van der Waals surface area contributed by atoms with Crippen molar-refractivity contribution in [1.29, 1.82) is 0 Å². The summed E-state index contributed by atoms with van der Waals surface area (Å²) in [6.07, 6.45) is 3.90. The number of hydrogen-bond acceptors (Lipinski definition) is 3. The molecule has 2 aromatic rings. The maximum Gasteiger partial charge on any atom is 0.240 e. The summed E-state index contributed by atoms with van der Waals surface area (Å²) < 4.78 is 28.2. The van der Waals surface area contributed by atoms with Crippen molar-refractivity contribution in [2.75, 3.05) is 5.32 Å². The summed E-state index contributed by atoms with van der Waals surface area (Å²) in [5.41, 5.74) is 2.21. The van der Waals surface area contributed by atoms with Crippen LogP contribution in [0.25, 0.3) is 0 Å². The second-order valence-corrected chi connectivity index (χ2v) is 8.74.